The van der Waals surface area contributed by atoms with Crippen LogP contribution in [0.1, 0.15) is 33.9 Å². The summed E-state index contributed by atoms with van der Waals surface area (Å²) in [4.78, 5) is 48.2. The van der Waals surface area contributed by atoms with Gasteiger partial charge in [0, 0.05) is 5.75 Å². The molecular formula is C22H33N8O10PS. The van der Waals surface area contributed by atoms with Gasteiger partial charge in [-0.1, -0.05) is 11.4 Å². The van der Waals surface area contributed by atoms with Gasteiger partial charge in [-0.15, -0.1) is 0 Å². The number of fused-ring (bicyclic) bond motifs is 1. The second-order valence-electron chi connectivity index (χ2n) is 10.1. The van der Waals surface area contributed by atoms with E-state index in [1.54, 1.807) is 13.8 Å². The molecule has 2 saturated heterocycles. The molecule has 0 radical (unpaired) electrons. The van der Waals surface area contributed by atoms with E-state index in [0.717, 1.165) is 0 Å². The summed E-state index contributed by atoms with van der Waals surface area (Å²) in [6.07, 6.45) is -3.16. The fourth-order valence-corrected chi connectivity index (χ4v) is 8.12. The van der Waals surface area contributed by atoms with Crippen molar-refractivity contribution in [2.45, 2.75) is 69.9 Å². The lowest BCUT2D eigenvalue weighted by atomic mass is 9.96. The van der Waals surface area contributed by atoms with Crippen LogP contribution >= 0.6 is 18.1 Å². The summed E-state index contributed by atoms with van der Waals surface area (Å²) in [7, 11) is 1.38. The number of imide groups is 1. The Balaban J connectivity index is 1.53. The molecule has 2 aliphatic rings. The lowest BCUT2D eigenvalue weighted by Gasteiger charge is -2.27. The molecule has 2 aromatic heterocycles. The molecule has 232 valence electrons. The number of aliphatic hydroxyl groups is 2. The van der Waals surface area contributed by atoms with Crippen molar-refractivity contribution in [2.24, 2.45) is 0 Å². The molecule has 18 nitrogen and oxygen atoms in total. The Hall–Kier alpha value is -3.06. The van der Waals surface area contributed by atoms with Crippen LogP contribution in [0.3, 0.4) is 0 Å². The van der Waals surface area contributed by atoms with Crippen LogP contribution in [-0.2, 0) is 28.2 Å². The highest BCUT2D eigenvalue weighted by Crippen LogP contribution is 2.57. The summed E-state index contributed by atoms with van der Waals surface area (Å²) in [5.74, 6) is -1.53. The molecule has 42 heavy (non-hydrogen) atoms. The highest BCUT2D eigenvalue weighted by molar-refractivity contribution is 8.56. The molecule has 4 heterocycles. The van der Waals surface area contributed by atoms with Gasteiger partial charge < -0.3 is 40.0 Å². The van der Waals surface area contributed by atoms with Crippen LogP contribution in [-0.4, -0.2) is 103 Å². The molecule has 0 aromatic carbocycles. The summed E-state index contributed by atoms with van der Waals surface area (Å²) in [6, 6.07) is -2.80. The van der Waals surface area contributed by atoms with Crippen molar-refractivity contribution in [3.8, 4) is 5.88 Å². The van der Waals surface area contributed by atoms with Gasteiger partial charge in [0.1, 0.15) is 29.9 Å². The number of ether oxygens (including phenoxy) is 3. The predicted molar refractivity (Wildman–Crippen MR) is 147 cm³/mol. The standard InChI is InChI=1S/C22H33N8O10PS/c1-9(2)39-18(33)10(3)29-41(36,42-7-11-16(32)27-21(34)25-11)38-6-12-14(31)22(4,35)19(40-12)30-8-24-13-15(30)26-20(23)28-17(13)37-5/h8-12,14,19,31,35H,6-7H2,1-5H3,(H,29,36)(H2,23,26,28)(H2,25,27,32,34)/t10-,11-,12+,14+,19+,22+,41-/m0/s1. The Morgan fingerprint density at radius 1 is 1.36 bits per heavy atom. The number of nitrogens with two attached hydrogens (primary N) is 1. The SMILES string of the molecule is COc1nc(N)nc2c1ncn2[C@@H]1O[C@H](CO[P@@](=O)(N[C@@H](C)C(=O)OC(C)C)SC[C@@H]2NC(=O)NC2=O)[C@@H](O)[C@@]1(C)O. The number of aliphatic hydroxyl groups excluding tert-OH is 1. The van der Waals surface area contributed by atoms with Gasteiger partial charge in [0.15, 0.2) is 17.4 Å². The first-order chi connectivity index (χ1) is 19.6. The zero-order chi connectivity index (χ0) is 31.0. The molecule has 2 aliphatic heterocycles. The number of nitrogens with zero attached hydrogens (tertiary/aromatic N) is 4. The molecule has 2 aromatic rings. The Bertz CT molecular complexity index is 1410. The average Bonchev–Trinajstić information content (AvgIpc) is 3.53. The van der Waals surface area contributed by atoms with Crippen molar-refractivity contribution in [3.63, 3.8) is 0 Å². The molecule has 2 fully saturated rings. The summed E-state index contributed by atoms with van der Waals surface area (Å²) in [6.45, 7) is 1.48. The van der Waals surface area contributed by atoms with Crippen LogP contribution in [0.5, 0.6) is 5.88 Å². The first-order valence-corrected chi connectivity index (χ1v) is 16.0. The number of carbonyl (C=O) groups is 3. The van der Waals surface area contributed by atoms with E-state index in [4.69, 9.17) is 24.5 Å². The topological polar surface area (TPSA) is 251 Å². The number of imidazole rings is 1. The van der Waals surface area contributed by atoms with E-state index in [-0.39, 0.29) is 28.7 Å². The van der Waals surface area contributed by atoms with Crippen molar-refractivity contribution in [3.05, 3.63) is 6.33 Å². The van der Waals surface area contributed by atoms with E-state index in [9.17, 15) is 29.2 Å². The molecule has 0 spiro atoms. The van der Waals surface area contributed by atoms with Crippen molar-refractivity contribution < 1.29 is 47.9 Å². The number of nitrogen functional groups attached to an aromatic ring is 1. The monoisotopic (exact) mass is 632 g/mol. The fraction of sp³-hybridized carbons (Fsp3) is 0.636. The number of carbonyl (C=O) groups excluding carboxylic acids is 3. The number of urea groups is 1. The predicted octanol–water partition coefficient (Wildman–Crippen LogP) is -0.578. The molecule has 7 N–H and O–H groups in total. The highest BCUT2D eigenvalue weighted by atomic mass is 32.7. The smallest absolute Gasteiger partial charge is 0.327 e. The first-order valence-electron chi connectivity index (χ1n) is 12.7. The van der Waals surface area contributed by atoms with Crippen molar-refractivity contribution >= 4 is 53.1 Å². The van der Waals surface area contributed by atoms with Gasteiger partial charge in [0.25, 0.3) is 5.91 Å². The van der Waals surface area contributed by atoms with Gasteiger partial charge in [0.2, 0.25) is 11.8 Å². The number of aromatic nitrogens is 4. The second-order valence-corrected chi connectivity index (χ2v) is 14.4. The van der Waals surface area contributed by atoms with Crippen LogP contribution in [0.4, 0.5) is 10.7 Å². The Morgan fingerprint density at radius 3 is 2.69 bits per heavy atom. The third-order valence-electron chi connectivity index (χ3n) is 6.34. The van der Waals surface area contributed by atoms with Gasteiger partial charge in [-0.25, -0.2) is 14.9 Å². The lowest BCUT2D eigenvalue weighted by Crippen LogP contribution is -2.44. The Morgan fingerprint density at radius 2 is 2.07 bits per heavy atom. The fourth-order valence-electron chi connectivity index (χ4n) is 4.25. The number of amides is 3. The minimum atomic E-state index is -4.04. The molecule has 20 heteroatoms. The van der Waals surface area contributed by atoms with Gasteiger partial charge in [-0.05, 0) is 27.7 Å². The van der Waals surface area contributed by atoms with Crippen LogP contribution in [0.15, 0.2) is 6.33 Å². The van der Waals surface area contributed by atoms with E-state index in [2.05, 4.69) is 30.7 Å². The number of nitrogens with one attached hydrogen (secondary N) is 3. The second kappa shape index (κ2) is 12.3. The number of anilines is 1. The third kappa shape index (κ3) is 6.61. The van der Waals surface area contributed by atoms with Crippen LogP contribution < -0.4 is 26.2 Å². The largest absolute Gasteiger partial charge is 0.479 e. The lowest BCUT2D eigenvalue weighted by molar-refractivity contribution is -0.149. The Kier molecular flexibility index (Phi) is 9.31. The quantitative estimate of drug-likeness (QED) is 0.0972. The molecule has 3 amide bonds. The summed E-state index contributed by atoms with van der Waals surface area (Å²) in [5, 5.41) is 29.3. The maximum atomic E-state index is 13.9. The number of esters is 1. The molecule has 4 rings (SSSR count). The molecule has 7 atom stereocenters. The minimum absolute atomic E-state index is 0.0932. The van der Waals surface area contributed by atoms with Gasteiger partial charge in [0.05, 0.1) is 26.1 Å². The molecule has 0 aliphatic carbocycles. The van der Waals surface area contributed by atoms with Crippen molar-refractivity contribution in [1.82, 2.24) is 35.2 Å². The number of hydrogen-bond acceptors (Lipinski definition) is 15. The van der Waals surface area contributed by atoms with Gasteiger partial charge in [-0.3, -0.25) is 24.0 Å². The van der Waals surface area contributed by atoms with Gasteiger partial charge >= 0.3 is 18.7 Å². The summed E-state index contributed by atoms with van der Waals surface area (Å²) >= 11 is 0.661. The maximum absolute atomic E-state index is 13.9. The maximum Gasteiger partial charge on any atom is 0.327 e. The zero-order valence-electron chi connectivity index (χ0n) is 23.3. The number of hydrogen-bond donors (Lipinski definition) is 6. The average molecular weight is 633 g/mol. The van der Waals surface area contributed by atoms with Crippen LogP contribution in [0.25, 0.3) is 11.2 Å². The normalized spacial score (nSPS) is 28.0. The van der Waals surface area contributed by atoms with Crippen LogP contribution in [0, 0.1) is 0 Å². The summed E-state index contributed by atoms with van der Waals surface area (Å²) in [5.41, 5.74) is 4.26. The van der Waals surface area contributed by atoms with E-state index < -0.39 is 73.5 Å². The van der Waals surface area contributed by atoms with E-state index in [1.165, 1.54) is 31.9 Å². The molecule has 0 bridgehead atoms. The molecular weight excluding hydrogens is 599 g/mol. The minimum Gasteiger partial charge on any atom is -0.479 e. The molecule has 0 saturated carbocycles. The van der Waals surface area contributed by atoms with E-state index in [1.807, 2.05) is 0 Å². The third-order valence-corrected chi connectivity index (χ3v) is 10.5. The highest BCUT2D eigenvalue weighted by Gasteiger charge is 2.54. The Labute approximate surface area is 243 Å². The summed E-state index contributed by atoms with van der Waals surface area (Å²) < 4.78 is 37.2. The van der Waals surface area contributed by atoms with Gasteiger partial charge in [-0.2, -0.15) is 9.97 Å². The van der Waals surface area contributed by atoms with Crippen molar-refractivity contribution in [1.29, 1.82) is 0 Å². The van der Waals surface area contributed by atoms with Crippen molar-refractivity contribution in [2.75, 3.05) is 25.2 Å². The van der Waals surface area contributed by atoms with E-state index >= 15 is 0 Å². The first kappa shape index (κ1) is 31.9. The zero-order valence-corrected chi connectivity index (χ0v) is 25.0. The van der Waals surface area contributed by atoms with E-state index in [0.29, 0.717) is 11.4 Å². The number of methoxy groups -OCH3 is 1. The van der Waals surface area contributed by atoms with Crippen LogP contribution in [0.2, 0.25) is 0 Å². The molecule has 0 unspecified atom stereocenters. The number of rotatable bonds is 12.